The van der Waals surface area contributed by atoms with Gasteiger partial charge >= 0.3 is 0 Å². The highest BCUT2D eigenvalue weighted by atomic mass is 32.2. The molecule has 126 valence electrons. The molecule has 1 aromatic heterocycles. The Morgan fingerprint density at radius 3 is 2.52 bits per heavy atom. The lowest BCUT2D eigenvalue weighted by Crippen LogP contribution is -2.23. The molecular formula is C20H19N3OS. The molecule has 0 atom stereocenters. The highest BCUT2D eigenvalue weighted by Gasteiger charge is 2.08. The van der Waals surface area contributed by atoms with Crippen molar-refractivity contribution in [2.24, 2.45) is 0 Å². The summed E-state index contributed by atoms with van der Waals surface area (Å²) in [6.07, 6.45) is 5.33. The zero-order chi connectivity index (χ0) is 17.5. The zero-order valence-electron chi connectivity index (χ0n) is 13.9. The first-order chi connectivity index (χ1) is 12.2. The fourth-order valence-electron chi connectivity index (χ4n) is 2.31. The molecule has 25 heavy (non-hydrogen) atoms. The van der Waals surface area contributed by atoms with E-state index in [1.165, 1.54) is 11.8 Å². The summed E-state index contributed by atoms with van der Waals surface area (Å²) < 4.78 is 1.81. The lowest BCUT2D eigenvalue weighted by Gasteiger charge is -2.13. The molecule has 2 aromatic carbocycles. The maximum absolute atomic E-state index is 12.2. The summed E-state index contributed by atoms with van der Waals surface area (Å²) in [6, 6.07) is 19.9. The normalized spacial score (nSPS) is 10.9. The molecule has 3 rings (SSSR count). The number of nitrogens with zero attached hydrogens (tertiary/aromatic N) is 3. The minimum Gasteiger partial charge on any atom is -0.338 e. The van der Waals surface area contributed by atoms with Gasteiger partial charge in [-0.2, -0.15) is 5.10 Å². The van der Waals surface area contributed by atoms with Gasteiger partial charge in [0.1, 0.15) is 0 Å². The molecule has 5 heteroatoms. The van der Waals surface area contributed by atoms with Gasteiger partial charge < -0.3 is 4.90 Å². The average molecular weight is 349 g/mol. The molecule has 4 nitrogen and oxygen atoms in total. The van der Waals surface area contributed by atoms with Gasteiger partial charge in [0.25, 0.3) is 0 Å². The van der Waals surface area contributed by atoms with E-state index in [9.17, 15) is 4.79 Å². The van der Waals surface area contributed by atoms with Crippen LogP contribution in [0.25, 0.3) is 5.69 Å². The summed E-state index contributed by atoms with van der Waals surface area (Å²) in [5.41, 5.74) is 1.99. The molecular weight excluding hydrogens is 330 g/mol. The van der Waals surface area contributed by atoms with Gasteiger partial charge in [0.15, 0.2) is 0 Å². The molecule has 0 bridgehead atoms. The van der Waals surface area contributed by atoms with Crippen LogP contribution in [-0.2, 0) is 11.3 Å². The quantitative estimate of drug-likeness (QED) is 0.496. The number of para-hydroxylation sites is 1. The molecule has 3 aromatic rings. The number of thioether (sulfide) groups is 1. The molecule has 0 aliphatic carbocycles. The van der Waals surface area contributed by atoms with Crippen LogP contribution in [0.15, 0.2) is 89.4 Å². The molecule has 0 N–H and O–H groups in total. The fourth-order valence-corrected chi connectivity index (χ4v) is 2.97. The zero-order valence-corrected chi connectivity index (χ0v) is 14.8. The molecule has 0 saturated heterocycles. The lowest BCUT2D eigenvalue weighted by atomic mass is 10.3. The minimum absolute atomic E-state index is 0.0316. The minimum atomic E-state index is -0.0316. The first-order valence-corrected chi connectivity index (χ1v) is 8.82. The van der Waals surface area contributed by atoms with Crippen LogP contribution < -0.4 is 0 Å². The van der Waals surface area contributed by atoms with E-state index in [0.29, 0.717) is 6.54 Å². The van der Waals surface area contributed by atoms with Crippen LogP contribution in [0, 0.1) is 0 Å². The van der Waals surface area contributed by atoms with E-state index in [0.717, 1.165) is 16.1 Å². The Labute approximate surface area is 151 Å². The molecule has 0 aliphatic rings. The van der Waals surface area contributed by atoms with E-state index < -0.39 is 0 Å². The predicted octanol–water partition coefficient (Wildman–Crippen LogP) is 4.14. The third-order valence-corrected chi connectivity index (χ3v) is 4.43. The lowest BCUT2D eigenvalue weighted by molar-refractivity contribution is -0.125. The van der Waals surface area contributed by atoms with Crippen LogP contribution in [0.4, 0.5) is 0 Å². The number of rotatable bonds is 6. The summed E-state index contributed by atoms with van der Waals surface area (Å²) in [6.45, 7) is 0.520. The van der Waals surface area contributed by atoms with Gasteiger partial charge in [0, 0.05) is 36.3 Å². The van der Waals surface area contributed by atoms with Crippen molar-refractivity contribution in [3.8, 4) is 5.69 Å². The van der Waals surface area contributed by atoms with Gasteiger partial charge in [-0.3, -0.25) is 4.79 Å². The second-order valence-corrected chi connectivity index (χ2v) is 6.54. The Hall–Kier alpha value is -2.79. The summed E-state index contributed by atoms with van der Waals surface area (Å²) in [7, 11) is 1.79. The van der Waals surface area contributed by atoms with Crippen molar-refractivity contribution in [2.45, 2.75) is 11.4 Å². The first kappa shape index (κ1) is 17.0. The van der Waals surface area contributed by atoms with Gasteiger partial charge in [-0.15, -0.1) is 0 Å². The van der Waals surface area contributed by atoms with Crippen LogP contribution in [-0.4, -0.2) is 27.6 Å². The topological polar surface area (TPSA) is 38.1 Å². The number of benzene rings is 2. The second-order valence-electron chi connectivity index (χ2n) is 5.56. The summed E-state index contributed by atoms with van der Waals surface area (Å²) in [4.78, 5) is 15.0. The molecule has 0 unspecified atom stereocenters. The number of likely N-dealkylation sites (N-methyl/N-ethyl adjacent to an activating group) is 1. The third kappa shape index (κ3) is 4.84. The van der Waals surface area contributed by atoms with Crippen molar-refractivity contribution >= 4 is 17.7 Å². The Morgan fingerprint density at radius 2 is 1.80 bits per heavy atom. The second kappa shape index (κ2) is 8.35. The number of hydrogen-bond acceptors (Lipinski definition) is 3. The average Bonchev–Trinajstić information content (AvgIpc) is 3.12. The van der Waals surface area contributed by atoms with Crippen LogP contribution in [0.5, 0.6) is 0 Å². The van der Waals surface area contributed by atoms with Crippen molar-refractivity contribution in [2.75, 3.05) is 7.05 Å². The van der Waals surface area contributed by atoms with E-state index in [-0.39, 0.29) is 5.91 Å². The van der Waals surface area contributed by atoms with Crippen LogP contribution in [0.2, 0.25) is 0 Å². The summed E-state index contributed by atoms with van der Waals surface area (Å²) in [5.74, 6) is -0.0316. The van der Waals surface area contributed by atoms with Crippen LogP contribution in [0.3, 0.4) is 0 Å². The maximum atomic E-state index is 12.2. The van der Waals surface area contributed by atoms with E-state index in [2.05, 4.69) is 5.10 Å². The van der Waals surface area contributed by atoms with Crippen molar-refractivity contribution in [1.82, 2.24) is 14.7 Å². The molecule has 0 radical (unpaired) electrons. The largest absolute Gasteiger partial charge is 0.338 e. The molecule has 0 fully saturated rings. The highest BCUT2D eigenvalue weighted by molar-refractivity contribution is 8.02. The first-order valence-electron chi connectivity index (χ1n) is 7.95. The Morgan fingerprint density at radius 1 is 1.12 bits per heavy atom. The monoisotopic (exact) mass is 349 g/mol. The van der Waals surface area contributed by atoms with Crippen molar-refractivity contribution < 1.29 is 4.79 Å². The van der Waals surface area contributed by atoms with Crippen molar-refractivity contribution in [3.05, 3.63) is 90.1 Å². The number of aromatic nitrogens is 2. The van der Waals surface area contributed by atoms with Gasteiger partial charge in [-0.05, 0) is 29.7 Å². The van der Waals surface area contributed by atoms with Crippen LogP contribution >= 0.6 is 11.8 Å². The van der Waals surface area contributed by atoms with Gasteiger partial charge in [-0.1, -0.05) is 48.2 Å². The predicted molar refractivity (Wildman–Crippen MR) is 101 cm³/mol. The Balaban J connectivity index is 1.56. The molecule has 0 aliphatic heterocycles. The Bertz CT molecular complexity index is 844. The SMILES string of the molecule is CN(Cc1cnn(-c2ccccc2)c1)C(=O)/C=C/Sc1ccccc1. The van der Waals surface area contributed by atoms with E-state index in [1.54, 1.807) is 24.2 Å². The molecule has 1 heterocycles. The van der Waals surface area contributed by atoms with Gasteiger partial charge in [0.2, 0.25) is 5.91 Å². The van der Waals surface area contributed by atoms with Crippen molar-refractivity contribution in [3.63, 3.8) is 0 Å². The standard InChI is InChI=1S/C20H19N3OS/c1-22(20(24)12-13-25-19-10-6-3-7-11-19)15-17-14-21-23(16-17)18-8-4-2-5-9-18/h2-14,16H,15H2,1H3/b13-12+. The molecule has 1 amide bonds. The van der Waals surface area contributed by atoms with E-state index in [1.807, 2.05) is 77.0 Å². The van der Waals surface area contributed by atoms with Gasteiger partial charge in [-0.25, -0.2) is 4.68 Å². The van der Waals surface area contributed by atoms with E-state index in [4.69, 9.17) is 0 Å². The number of amides is 1. The Kier molecular flexibility index (Phi) is 5.69. The fraction of sp³-hybridized carbons (Fsp3) is 0.100. The van der Waals surface area contributed by atoms with Gasteiger partial charge in [0.05, 0.1) is 11.9 Å². The molecule has 0 saturated carbocycles. The molecule has 0 spiro atoms. The number of carbonyl (C=O) groups excluding carboxylic acids is 1. The number of carbonyl (C=O) groups is 1. The van der Waals surface area contributed by atoms with Crippen LogP contribution in [0.1, 0.15) is 5.56 Å². The van der Waals surface area contributed by atoms with E-state index >= 15 is 0 Å². The third-order valence-electron chi connectivity index (χ3n) is 3.61. The number of hydrogen-bond donors (Lipinski definition) is 0. The smallest absolute Gasteiger partial charge is 0.247 e. The summed E-state index contributed by atoms with van der Waals surface area (Å²) >= 11 is 1.53. The summed E-state index contributed by atoms with van der Waals surface area (Å²) in [5, 5.41) is 6.18. The highest BCUT2D eigenvalue weighted by Crippen LogP contribution is 2.18. The van der Waals surface area contributed by atoms with Crippen molar-refractivity contribution in [1.29, 1.82) is 0 Å². The maximum Gasteiger partial charge on any atom is 0.247 e.